The van der Waals surface area contributed by atoms with Crippen molar-refractivity contribution in [2.45, 2.75) is 50.2 Å². The van der Waals surface area contributed by atoms with Crippen LogP contribution in [0.25, 0.3) is 0 Å². The summed E-state index contributed by atoms with van der Waals surface area (Å²) in [6.07, 6.45) is -2.91. The van der Waals surface area contributed by atoms with E-state index >= 15 is 0 Å². The Bertz CT molecular complexity index is 1050. The van der Waals surface area contributed by atoms with Gasteiger partial charge in [0.2, 0.25) is 0 Å². The third-order valence-corrected chi connectivity index (χ3v) is 6.48. The molecular formula is C28H29ClO6. The molecule has 3 aromatic carbocycles. The van der Waals surface area contributed by atoms with Crippen molar-refractivity contribution in [3.8, 4) is 0 Å². The van der Waals surface area contributed by atoms with Gasteiger partial charge in [0, 0.05) is 17.7 Å². The molecule has 2 heterocycles. The van der Waals surface area contributed by atoms with Gasteiger partial charge in [0.15, 0.2) is 12.6 Å². The van der Waals surface area contributed by atoms with E-state index in [1.54, 1.807) is 7.11 Å². The average molecular weight is 497 g/mol. The predicted octanol–water partition coefficient (Wildman–Crippen LogP) is 5.30. The molecule has 0 radical (unpaired) electrons. The van der Waals surface area contributed by atoms with Crippen LogP contribution >= 0.6 is 11.6 Å². The summed E-state index contributed by atoms with van der Waals surface area (Å²) in [5.74, 6) is 0. The largest absolute Gasteiger partial charge is 0.368 e. The standard InChI is InChI=1S/C28H29ClO6/c1-30-28-26(32-17-20-10-6-3-7-11-20)25(31-16-19-8-4-2-5-9-19)24-23(34-28)18-33-27(35-24)21-12-14-22(29)15-13-21/h2-15,23-28H,16-18H2,1H3/t23-,24-,25+,26+,27?,28-/m1/s1. The zero-order valence-electron chi connectivity index (χ0n) is 19.5. The quantitative estimate of drug-likeness (QED) is 0.422. The van der Waals surface area contributed by atoms with Crippen molar-refractivity contribution in [2.75, 3.05) is 13.7 Å². The van der Waals surface area contributed by atoms with Crippen LogP contribution in [-0.4, -0.2) is 44.4 Å². The van der Waals surface area contributed by atoms with Crippen molar-refractivity contribution >= 4 is 11.6 Å². The molecule has 0 aromatic heterocycles. The summed E-state index contributed by atoms with van der Waals surface area (Å²) < 4.78 is 37.2. The van der Waals surface area contributed by atoms with Crippen LogP contribution in [-0.2, 0) is 41.6 Å². The van der Waals surface area contributed by atoms with E-state index in [2.05, 4.69) is 0 Å². The fourth-order valence-electron chi connectivity index (χ4n) is 4.42. The van der Waals surface area contributed by atoms with E-state index in [-0.39, 0.29) is 6.10 Å². The lowest BCUT2D eigenvalue weighted by Gasteiger charge is -2.48. The van der Waals surface area contributed by atoms with Crippen LogP contribution < -0.4 is 0 Å². The molecule has 2 saturated heterocycles. The number of hydrogen-bond acceptors (Lipinski definition) is 6. The number of halogens is 1. The predicted molar refractivity (Wildman–Crippen MR) is 131 cm³/mol. The Hall–Kier alpha value is -2.29. The second kappa shape index (κ2) is 11.6. The molecule has 2 aliphatic rings. The van der Waals surface area contributed by atoms with Gasteiger partial charge >= 0.3 is 0 Å². The van der Waals surface area contributed by atoms with Crippen molar-refractivity contribution < 1.29 is 28.4 Å². The van der Waals surface area contributed by atoms with Gasteiger partial charge in [0.1, 0.15) is 24.4 Å². The van der Waals surface area contributed by atoms with Crippen molar-refractivity contribution in [3.05, 3.63) is 107 Å². The van der Waals surface area contributed by atoms with E-state index < -0.39 is 30.9 Å². The van der Waals surface area contributed by atoms with Crippen LogP contribution in [0.4, 0.5) is 0 Å². The second-order valence-electron chi connectivity index (χ2n) is 8.62. The Labute approximate surface area is 210 Å². The molecule has 7 heteroatoms. The average Bonchev–Trinajstić information content (AvgIpc) is 2.91. The van der Waals surface area contributed by atoms with Crippen LogP contribution in [0, 0.1) is 0 Å². The highest BCUT2D eigenvalue weighted by atomic mass is 35.5. The van der Waals surface area contributed by atoms with Crippen molar-refractivity contribution in [2.24, 2.45) is 0 Å². The number of benzene rings is 3. The lowest BCUT2D eigenvalue weighted by atomic mass is 9.97. The molecule has 6 nitrogen and oxygen atoms in total. The van der Waals surface area contributed by atoms with Gasteiger partial charge in [0.25, 0.3) is 0 Å². The molecule has 0 spiro atoms. The Morgan fingerprint density at radius 3 is 1.97 bits per heavy atom. The number of ether oxygens (including phenoxy) is 6. The summed E-state index contributed by atoms with van der Waals surface area (Å²) in [6, 6.07) is 27.5. The molecule has 6 atom stereocenters. The maximum atomic E-state index is 6.49. The zero-order chi connectivity index (χ0) is 24.0. The van der Waals surface area contributed by atoms with E-state index in [0.29, 0.717) is 24.8 Å². The number of methoxy groups -OCH3 is 1. The van der Waals surface area contributed by atoms with E-state index in [1.807, 2.05) is 84.9 Å². The van der Waals surface area contributed by atoms with Gasteiger partial charge in [-0.05, 0) is 23.3 Å². The molecule has 184 valence electrons. The number of rotatable bonds is 8. The first-order valence-corrected chi connectivity index (χ1v) is 12.1. The Kier molecular flexibility index (Phi) is 8.11. The van der Waals surface area contributed by atoms with Gasteiger partial charge in [-0.1, -0.05) is 84.4 Å². The first-order chi connectivity index (χ1) is 17.2. The maximum Gasteiger partial charge on any atom is 0.186 e. The first kappa shape index (κ1) is 24.4. The van der Waals surface area contributed by atoms with Crippen LogP contribution in [0.15, 0.2) is 84.9 Å². The first-order valence-electron chi connectivity index (χ1n) is 11.7. The SMILES string of the molecule is CO[C@@H]1O[C@@H]2COC(c3ccc(Cl)cc3)O[C@H]2[C@H](OCc2ccccc2)[C@@H]1OCc1ccccc1. The second-order valence-corrected chi connectivity index (χ2v) is 9.06. The smallest absolute Gasteiger partial charge is 0.186 e. The number of fused-ring (bicyclic) bond motifs is 1. The topological polar surface area (TPSA) is 55.4 Å². The minimum Gasteiger partial charge on any atom is -0.368 e. The van der Waals surface area contributed by atoms with Crippen molar-refractivity contribution in [3.63, 3.8) is 0 Å². The highest BCUT2D eigenvalue weighted by Gasteiger charge is 2.51. The molecular weight excluding hydrogens is 468 g/mol. The Balaban J connectivity index is 1.39. The van der Waals surface area contributed by atoms with Crippen molar-refractivity contribution in [1.82, 2.24) is 0 Å². The summed E-state index contributed by atoms with van der Waals surface area (Å²) in [5, 5.41) is 0.657. The van der Waals surface area contributed by atoms with Crippen molar-refractivity contribution in [1.29, 1.82) is 0 Å². The van der Waals surface area contributed by atoms with E-state index in [0.717, 1.165) is 16.7 Å². The maximum absolute atomic E-state index is 6.49. The minimum atomic E-state index is -0.625. The van der Waals surface area contributed by atoms with Crippen LogP contribution in [0.1, 0.15) is 23.0 Å². The van der Waals surface area contributed by atoms with Crippen LogP contribution in [0.2, 0.25) is 5.02 Å². The summed E-state index contributed by atoms with van der Waals surface area (Å²) in [5.41, 5.74) is 3.00. The summed E-state index contributed by atoms with van der Waals surface area (Å²) >= 11 is 6.07. The highest BCUT2D eigenvalue weighted by Crippen LogP contribution is 2.37. The van der Waals surface area contributed by atoms with Gasteiger partial charge in [0.05, 0.1) is 19.8 Å². The van der Waals surface area contributed by atoms with Gasteiger partial charge < -0.3 is 28.4 Å². The van der Waals surface area contributed by atoms with Gasteiger partial charge in [-0.15, -0.1) is 0 Å². The molecule has 0 amide bonds. The van der Waals surface area contributed by atoms with Gasteiger partial charge in [-0.25, -0.2) is 0 Å². The fourth-order valence-corrected chi connectivity index (χ4v) is 4.55. The molecule has 3 aromatic rings. The summed E-state index contributed by atoms with van der Waals surface area (Å²) in [6.45, 7) is 1.15. The Morgan fingerprint density at radius 2 is 1.37 bits per heavy atom. The van der Waals surface area contributed by atoms with E-state index in [1.165, 1.54) is 0 Å². The van der Waals surface area contributed by atoms with Crippen LogP contribution in [0.3, 0.4) is 0 Å². The molecule has 5 rings (SSSR count). The molecule has 2 fully saturated rings. The van der Waals surface area contributed by atoms with E-state index in [9.17, 15) is 0 Å². The lowest BCUT2D eigenvalue weighted by Crippen LogP contribution is -2.63. The van der Waals surface area contributed by atoms with E-state index in [4.69, 9.17) is 40.0 Å². The molecule has 0 saturated carbocycles. The zero-order valence-corrected chi connectivity index (χ0v) is 20.3. The molecule has 2 aliphatic heterocycles. The lowest BCUT2D eigenvalue weighted by molar-refractivity contribution is -0.369. The normalized spacial score (nSPS) is 28.4. The Morgan fingerprint density at radius 1 is 0.771 bits per heavy atom. The van der Waals surface area contributed by atoms with Gasteiger partial charge in [-0.2, -0.15) is 0 Å². The molecule has 0 bridgehead atoms. The van der Waals surface area contributed by atoms with Crippen LogP contribution in [0.5, 0.6) is 0 Å². The summed E-state index contributed by atoms with van der Waals surface area (Å²) in [4.78, 5) is 0. The molecule has 0 N–H and O–H groups in total. The fraction of sp³-hybridized carbons (Fsp3) is 0.357. The third-order valence-electron chi connectivity index (χ3n) is 6.23. The number of hydrogen-bond donors (Lipinski definition) is 0. The highest BCUT2D eigenvalue weighted by molar-refractivity contribution is 6.30. The third kappa shape index (κ3) is 5.93. The minimum absolute atomic E-state index is 0.342. The van der Waals surface area contributed by atoms with Gasteiger partial charge in [-0.3, -0.25) is 0 Å². The molecule has 0 aliphatic carbocycles. The molecule has 1 unspecified atom stereocenters. The monoisotopic (exact) mass is 496 g/mol. The molecule has 35 heavy (non-hydrogen) atoms. The summed E-state index contributed by atoms with van der Waals surface area (Å²) in [7, 11) is 1.61.